The fraction of sp³-hybridized carbons (Fsp3) is 0.500. The van der Waals surface area contributed by atoms with Crippen LogP contribution in [0.4, 0.5) is 5.69 Å². The molecule has 6 nitrogen and oxygen atoms in total. The Morgan fingerprint density at radius 2 is 2.05 bits per heavy atom. The molecule has 2 rings (SSSR count). The number of nitrogens with zero attached hydrogens (tertiary/aromatic N) is 3. The van der Waals surface area contributed by atoms with Crippen LogP contribution in [0.1, 0.15) is 24.8 Å². The number of ether oxygens (including phenoxy) is 1. The highest BCUT2D eigenvalue weighted by molar-refractivity contribution is 5.49. The lowest BCUT2D eigenvalue weighted by Crippen LogP contribution is -3.00. The van der Waals surface area contributed by atoms with Crippen LogP contribution in [0.2, 0.25) is 0 Å². The van der Waals surface area contributed by atoms with Gasteiger partial charge in [0.05, 0.1) is 16.6 Å². The lowest BCUT2D eigenvalue weighted by Gasteiger charge is -2.26. The van der Waals surface area contributed by atoms with Crippen LogP contribution in [0.5, 0.6) is 5.75 Å². The van der Waals surface area contributed by atoms with Gasteiger partial charge in [-0.15, -0.1) is 0 Å². The van der Waals surface area contributed by atoms with Gasteiger partial charge in [0, 0.05) is 12.6 Å². The predicted molar refractivity (Wildman–Crippen MR) is 73.6 cm³/mol. The van der Waals surface area contributed by atoms with Gasteiger partial charge in [0.2, 0.25) is 0 Å². The van der Waals surface area contributed by atoms with Crippen LogP contribution in [0.25, 0.3) is 0 Å². The van der Waals surface area contributed by atoms with E-state index in [2.05, 4.69) is 4.90 Å². The maximum atomic E-state index is 10.7. The molecule has 1 fully saturated rings. The van der Waals surface area contributed by atoms with Crippen molar-refractivity contribution in [2.45, 2.75) is 19.3 Å². The fourth-order valence-electron chi connectivity index (χ4n) is 2.30. The quantitative estimate of drug-likeness (QED) is 0.532. The van der Waals surface area contributed by atoms with Gasteiger partial charge in [-0.1, -0.05) is 6.42 Å². The molecular weight excluding hydrogens is 294 g/mol. The lowest BCUT2D eigenvalue weighted by atomic mass is 10.1. The second-order valence-electron chi connectivity index (χ2n) is 4.80. The maximum absolute atomic E-state index is 10.7. The van der Waals surface area contributed by atoms with Gasteiger partial charge in [0.1, 0.15) is 18.4 Å². The van der Waals surface area contributed by atoms with Gasteiger partial charge in [-0.25, -0.2) is 0 Å². The van der Waals surface area contributed by atoms with Gasteiger partial charge < -0.3 is 17.1 Å². The largest absolute Gasteiger partial charge is 1.00 e. The summed E-state index contributed by atoms with van der Waals surface area (Å²) in [6.07, 6.45) is 3.70. The number of rotatable bonds is 5. The summed E-state index contributed by atoms with van der Waals surface area (Å²) >= 11 is 0. The molecule has 0 N–H and O–H groups in total. The Morgan fingerprint density at radius 1 is 1.33 bits per heavy atom. The Hall–Kier alpha value is -1.84. The van der Waals surface area contributed by atoms with E-state index in [-0.39, 0.29) is 18.1 Å². The minimum Gasteiger partial charge on any atom is -1.00 e. The van der Waals surface area contributed by atoms with Crippen molar-refractivity contribution in [3.63, 3.8) is 0 Å². The van der Waals surface area contributed by atoms with E-state index in [1.54, 1.807) is 0 Å². The van der Waals surface area contributed by atoms with Crippen molar-refractivity contribution >= 4 is 5.69 Å². The van der Waals surface area contributed by atoms with Crippen LogP contribution in [0.15, 0.2) is 18.2 Å². The molecule has 0 spiro atoms. The molecule has 0 radical (unpaired) electrons. The number of hydrogen-bond acceptors (Lipinski definition) is 5. The molecule has 0 aliphatic carbocycles. The first kappa shape index (κ1) is 17.2. The molecule has 1 aromatic carbocycles. The second-order valence-corrected chi connectivity index (χ2v) is 4.80. The highest BCUT2D eigenvalue weighted by atomic mass is 35.5. The molecule has 1 aromatic rings. The Bertz CT molecular complexity index is 525. The van der Waals surface area contributed by atoms with Gasteiger partial charge >= 0.3 is 0 Å². The number of benzene rings is 1. The van der Waals surface area contributed by atoms with E-state index >= 15 is 0 Å². The minimum atomic E-state index is -0.487. The Balaban J connectivity index is 0.00000220. The van der Waals surface area contributed by atoms with Crippen LogP contribution in [-0.4, -0.2) is 36.1 Å². The molecule has 114 valence electrons. The average molecular weight is 311 g/mol. The number of non-ortho nitro benzene ring substituents is 1. The van der Waals surface area contributed by atoms with Gasteiger partial charge in [-0.05, 0) is 32.0 Å². The molecule has 0 bridgehead atoms. The number of nitro benzene ring substituents is 1. The molecule has 0 saturated carbocycles. The Labute approximate surface area is 129 Å². The summed E-state index contributed by atoms with van der Waals surface area (Å²) in [6.45, 7) is 3.37. The van der Waals surface area contributed by atoms with Crippen molar-refractivity contribution in [3.05, 3.63) is 33.9 Å². The molecule has 21 heavy (non-hydrogen) atoms. The number of hydrogen-bond donors (Lipinski definition) is 0. The number of halogens is 1. The normalized spacial score (nSPS) is 14.8. The first-order valence-corrected chi connectivity index (χ1v) is 6.74. The summed E-state index contributed by atoms with van der Waals surface area (Å²) in [6, 6.07) is 6.04. The van der Waals surface area contributed by atoms with Gasteiger partial charge in [-0.3, -0.25) is 15.0 Å². The first-order chi connectivity index (χ1) is 9.70. The number of nitro groups is 1. The fourth-order valence-corrected chi connectivity index (χ4v) is 2.30. The standard InChI is InChI=1S/C14H17N3O3.ClH/c15-11-12-4-5-13(17(18)19)10-14(12)20-9-8-16-6-2-1-3-7-16;/h4-5,10H,1-3,6-9H2;1H/p-1. The second kappa shape index (κ2) is 8.45. The highest BCUT2D eigenvalue weighted by Crippen LogP contribution is 2.24. The summed E-state index contributed by atoms with van der Waals surface area (Å²) < 4.78 is 5.55. The maximum Gasteiger partial charge on any atom is 0.273 e. The van der Waals surface area contributed by atoms with Crippen molar-refractivity contribution in [2.75, 3.05) is 26.2 Å². The van der Waals surface area contributed by atoms with Gasteiger partial charge in [0.25, 0.3) is 5.69 Å². The zero-order chi connectivity index (χ0) is 14.4. The SMILES string of the molecule is N#Cc1ccc([N+](=O)[O-])cc1OCCN1CCCCC1.[Cl-]. The monoisotopic (exact) mass is 310 g/mol. The van der Waals surface area contributed by atoms with Crippen LogP contribution in [0.3, 0.4) is 0 Å². The molecule has 1 saturated heterocycles. The van der Waals surface area contributed by atoms with Crippen LogP contribution in [-0.2, 0) is 0 Å². The predicted octanol–water partition coefficient (Wildman–Crippen LogP) is -0.665. The third kappa shape index (κ3) is 4.88. The highest BCUT2D eigenvalue weighted by Gasteiger charge is 2.13. The molecule has 7 heteroatoms. The molecule has 1 heterocycles. The van der Waals surface area contributed by atoms with E-state index < -0.39 is 4.92 Å². The molecule has 1 aliphatic rings. The Morgan fingerprint density at radius 3 is 2.67 bits per heavy atom. The van der Waals surface area contributed by atoms with E-state index in [4.69, 9.17) is 10.00 Å². The molecular formula is C14H17ClN3O3-. The summed E-state index contributed by atoms with van der Waals surface area (Å²) in [5.41, 5.74) is 0.270. The minimum absolute atomic E-state index is 0. The number of piperidine rings is 1. The summed E-state index contributed by atoms with van der Waals surface area (Å²) in [4.78, 5) is 12.6. The van der Waals surface area contributed by atoms with Gasteiger partial charge in [0.15, 0.2) is 0 Å². The van der Waals surface area contributed by atoms with Crippen molar-refractivity contribution in [1.82, 2.24) is 4.90 Å². The van der Waals surface area contributed by atoms with E-state index in [0.29, 0.717) is 17.9 Å². The molecule has 0 aromatic heterocycles. The van der Waals surface area contributed by atoms with Crippen LogP contribution < -0.4 is 17.1 Å². The first-order valence-electron chi connectivity index (χ1n) is 6.74. The zero-order valence-corrected chi connectivity index (χ0v) is 12.4. The van der Waals surface area contributed by atoms with Crippen molar-refractivity contribution < 1.29 is 22.1 Å². The van der Waals surface area contributed by atoms with Crippen molar-refractivity contribution in [2.24, 2.45) is 0 Å². The van der Waals surface area contributed by atoms with E-state index in [0.717, 1.165) is 19.6 Å². The van der Waals surface area contributed by atoms with E-state index in [1.165, 1.54) is 37.5 Å². The average Bonchev–Trinajstić information content (AvgIpc) is 2.48. The summed E-state index contributed by atoms with van der Waals surface area (Å²) in [5.74, 6) is 0.290. The molecule has 0 amide bonds. The smallest absolute Gasteiger partial charge is 0.273 e. The topological polar surface area (TPSA) is 79.4 Å². The molecule has 1 aliphatic heterocycles. The lowest BCUT2D eigenvalue weighted by molar-refractivity contribution is -0.384. The number of likely N-dealkylation sites (tertiary alicyclic amines) is 1. The van der Waals surface area contributed by atoms with E-state index in [9.17, 15) is 10.1 Å². The van der Waals surface area contributed by atoms with Gasteiger partial charge in [-0.2, -0.15) is 5.26 Å². The zero-order valence-electron chi connectivity index (χ0n) is 11.6. The molecule has 0 atom stereocenters. The third-order valence-corrected chi connectivity index (χ3v) is 3.41. The number of nitriles is 1. The third-order valence-electron chi connectivity index (χ3n) is 3.41. The van der Waals surface area contributed by atoms with E-state index in [1.807, 2.05) is 6.07 Å². The van der Waals surface area contributed by atoms with Crippen molar-refractivity contribution in [1.29, 1.82) is 5.26 Å². The summed E-state index contributed by atoms with van der Waals surface area (Å²) in [5, 5.41) is 19.7. The van der Waals surface area contributed by atoms with Crippen LogP contribution >= 0.6 is 0 Å². The van der Waals surface area contributed by atoms with Crippen LogP contribution in [0, 0.1) is 21.4 Å². The Kier molecular flexibility index (Phi) is 6.92. The van der Waals surface area contributed by atoms with Crippen molar-refractivity contribution in [3.8, 4) is 11.8 Å². The summed E-state index contributed by atoms with van der Waals surface area (Å²) in [7, 11) is 0. The molecule has 0 unspecified atom stereocenters.